The van der Waals surface area contributed by atoms with Crippen molar-refractivity contribution in [2.75, 3.05) is 10.2 Å². The summed E-state index contributed by atoms with van der Waals surface area (Å²) in [4.78, 5) is 42.3. The number of amides is 3. The number of halogens is 2. The number of carbonyl (C=O) groups excluding carboxylic acids is 3. The molecule has 4 atom stereocenters. The molecule has 3 aliphatic rings. The molecule has 3 amide bonds. The Morgan fingerprint density at radius 2 is 1.69 bits per heavy atom. The highest BCUT2D eigenvalue weighted by Crippen LogP contribution is 2.54. The number of phenolic OH excluding ortho intramolecular Hbond substituents is 1. The van der Waals surface area contributed by atoms with Gasteiger partial charge in [-0.3, -0.25) is 19.7 Å². The summed E-state index contributed by atoms with van der Waals surface area (Å²) in [6, 6.07) is 16.7. The largest absolute Gasteiger partial charge is 0.508 e. The van der Waals surface area contributed by atoms with Gasteiger partial charge in [0.25, 0.3) is 0 Å². The second kappa shape index (κ2) is 7.73. The average molecular weight is 536 g/mol. The van der Waals surface area contributed by atoms with Crippen LogP contribution in [0.3, 0.4) is 0 Å². The van der Waals surface area contributed by atoms with Gasteiger partial charge in [0.1, 0.15) is 17.1 Å². The van der Waals surface area contributed by atoms with Gasteiger partial charge < -0.3 is 10.4 Å². The predicted molar refractivity (Wildman–Crippen MR) is 129 cm³/mol. The molecule has 2 fully saturated rings. The van der Waals surface area contributed by atoms with Crippen LogP contribution in [0.4, 0.5) is 15.8 Å². The van der Waals surface area contributed by atoms with Gasteiger partial charge in [-0.25, -0.2) is 9.29 Å². The van der Waals surface area contributed by atoms with E-state index in [0.717, 1.165) is 14.9 Å². The smallest absolute Gasteiger partial charge is 0.250 e. The standard InChI is InChI=1S/C26H19BrFN3O4/c27-14-3-6-16(7-4-14)31-23(33)21-20(11-13-1-8-17(32)9-2-13)30-26(22(21)24(31)34)18-12-15(28)5-10-19(18)29-25(26)35/h1-10,12,20-22,30,32H,11H2,(H,29,35)/t20-,21-,22+,26-/m1/s1. The minimum Gasteiger partial charge on any atom is -0.508 e. The molecule has 0 aromatic heterocycles. The zero-order valence-corrected chi connectivity index (χ0v) is 19.8. The average Bonchev–Trinajstić information content (AvgIpc) is 3.41. The fourth-order valence-corrected chi connectivity index (χ4v) is 5.94. The van der Waals surface area contributed by atoms with E-state index >= 15 is 0 Å². The van der Waals surface area contributed by atoms with Gasteiger partial charge in [-0.1, -0.05) is 28.1 Å². The number of hydrogen-bond donors (Lipinski definition) is 3. The maximum Gasteiger partial charge on any atom is 0.250 e. The van der Waals surface area contributed by atoms with Crippen LogP contribution in [0, 0.1) is 17.7 Å². The number of nitrogens with zero attached hydrogens (tertiary/aromatic N) is 1. The number of anilines is 2. The van der Waals surface area contributed by atoms with E-state index in [0.29, 0.717) is 23.4 Å². The Kier molecular flexibility index (Phi) is 4.84. The number of nitrogens with one attached hydrogen (secondary N) is 2. The molecule has 0 aliphatic carbocycles. The van der Waals surface area contributed by atoms with Gasteiger partial charge in [0, 0.05) is 21.8 Å². The number of imide groups is 1. The molecule has 2 saturated heterocycles. The van der Waals surface area contributed by atoms with Gasteiger partial charge in [0.2, 0.25) is 17.7 Å². The van der Waals surface area contributed by atoms with Crippen molar-refractivity contribution in [2.24, 2.45) is 11.8 Å². The van der Waals surface area contributed by atoms with Crippen LogP contribution in [0.2, 0.25) is 0 Å². The first-order valence-corrected chi connectivity index (χ1v) is 11.9. The number of rotatable bonds is 3. The van der Waals surface area contributed by atoms with Crippen molar-refractivity contribution < 1.29 is 23.9 Å². The quantitative estimate of drug-likeness (QED) is 0.446. The van der Waals surface area contributed by atoms with Crippen LogP contribution in [0.1, 0.15) is 11.1 Å². The highest BCUT2D eigenvalue weighted by atomic mass is 79.9. The molecule has 3 aliphatic heterocycles. The van der Waals surface area contributed by atoms with Gasteiger partial charge in [-0.15, -0.1) is 0 Å². The van der Waals surface area contributed by atoms with E-state index in [1.165, 1.54) is 18.2 Å². The van der Waals surface area contributed by atoms with E-state index < -0.39 is 47.0 Å². The molecule has 35 heavy (non-hydrogen) atoms. The fraction of sp³-hybridized carbons (Fsp3) is 0.192. The summed E-state index contributed by atoms with van der Waals surface area (Å²) in [7, 11) is 0. The summed E-state index contributed by atoms with van der Waals surface area (Å²) in [5.41, 5.74) is 0.380. The number of fused-ring (bicyclic) bond motifs is 4. The van der Waals surface area contributed by atoms with Crippen LogP contribution in [0.5, 0.6) is 5.75 Å². The molecule has 0 radical (unpaired) electrons. The van der Waals surface area contributed by atoms with Gasteiger partial charge in [0.05, 0.1) is 17.5 Å². The van der Waals surface area contributed by atoms with E-state index in [1.54, 1.807) is 48.5 Å². The van der Waals surface area contributed by atoms with Crippen molar-refractivity contribution in [1.82, 2.24) is 5.32 Å². The van der Waals surface area contributed by atoms with Crippen LogP contribution >= 0.6 is 15.9 Å². The van der Waals surface area contributed by atoms with Crippen molar-refractivity contribution in [1.29, 1.82) is 0 Å². The zero-order chi connectivity index (χ0) is 24.5. The molecular weight excluding hydrogens is 517 g/mol. The lowest BCUT2D eigenvalue weighted by Crippen LogP contribution is -2.53. The van der Waals surface area contributed by atoms with Crippen LogP contribution in [-0.4, -0.2) is 28.9 Å². The third kappa shape index (κ3) is 3.15. The first kappa shape index (κ1) is 21.9. The maximum absolute atomic E-state index is 14.3. The molecule has 0 unspecified atom stereocenters. The number of benzene rings is 3. The summed E-state index contributed by atoms with van der Waals surface area (Å²) in [5, 5.41) is 15.7. The minimum atomic E-state index is -1.58. The monoisotopic (exact) mass is 535 g/mol. The maximum atomic E-state index is 14.3. The molecule has 1 spiro atoms. The zero-order valence-electron chi connectivity index (χ0n) is 18.2. The van der Waals surface area contributed by atoms with E-state index in [1.807, 2.05) is 0 Å². The Morgan fingerprint density at radius 1 is 0.971 bits per heavy atom. The Morgan fingerprint density at radius 3 is 2.40 bits per heavy atom. The van der Waals surface area contributed by atoms with Gasteiger partial charge >= 0.3 is 0 Å². The lowest BCUT2D eigenvalue weighted by molar-refractivity contribution is -0.130. The molecule has 6 rings (SSSR count). The molecule has 3 N–H and O–H groups in total. The highest BCUT2D eigenvalue weighted by molar-refractivity contribution is 9.10. The van der Waals surface area contributed by atoms with Gasteiger partial charge in [-0.05, 0) is 66.6 Å². The molecule has 3 heterocycles. The molecule has 176 valence electrons. The van der Waals surface area contributed by atoms with Crippen molar-refractivity contribution in [2.45, 2.75) is 18.0 Å². The summed E-state index contributed by atoms with van der Waals surface area (Å²) in [5.74, 6) is -3.73. The van der Waals surface area contributed by atoms with Gasteiger partial charge in [0.15, 0.2) is 0 Å². The van der Waals surface area contributed by atoms with Crippen molar-refractivity contribution in [3.05, 3.63) is 88.1 Å². The molecule has 0 saturated carbocycles. The molecule has 0 bridgehead atoms. The number of carbonyl (C=O) groups is 3. The summed E-state index contributed by atoms with van der Waals surface area (Å²) >= 11 is 3.36. The second-order valence-corrected chi connectivity index (χ2v) is 9.98. The number of phenols is 1. The minimum absolute atomic E-state index is 0.107. The third-order valence-corrected chi connectivity index (χ3v) is 7.68. The van der Waals surface area contributed by atoms with E-state index in [-0.39, 0.29) is 5.75 Å². The molecule has 7 nitrogen and oxygen atoms in total. The Labute approximate surface area is 208 Å². The van der Waals surface area contributed by atoms with Crippen molar-refractivity contribution in [3.63, 3.8) is 0 Å². The lowest BCUT2D eigenvalue weighted by Gasteiger charge is -2.29. The summed E-state index contributed by atoms with van der Waals surface area (Å²) in [6.07, 6.45) is 0.328. The molecule has 3 aromatic carbocycles. The van der Waals surface area contributed by atoms with E-state index in [4.69, 9.17) is 0 Å². The Bertz CT molecular complexity index is 1390. The highest BCUT2D eigenvalue weighted by Gasteiger charge is 2.70. The van der Waals surface area contributed by atoms with Crippen LogP contribution in [-0.2, 0) is 26.3 Å². The van der Waals surface area contributed by atoms with E-state index in [9.17, 15) is 23.9 Å². The number of aromatic hydroxyl groups is 1. The Hall–Kier alpha value is -3.56. The van der Waals surface area contributed by atoms with Crippen molar-refractivity contribution in [3.8, 4) is 5.75 Å². The van der Waals surface area contributed by atoms with Crippen LogP contribution in [0.15, 0.2) is 71.2 Å². The molecular formula is C26H19BrFN3O4. The van der Waals surface area contributed by atoms with Crippen molar-refractivity contribution >= 4 is 45.0 Å². The first-order valence-electron chi connectivity index (χ1n) is 11.1. The fourth-order valence-electron chi connectivity index (χ4n) is 5.68. The number of hydrogen-bond acceptors (Lipinski definition) is 5. The SMILES string of the molecule is O=C1[C@H]2[C@@H](C(=O)N1c1ccc(Br)cc1)[C@@]1(N[C@@H]2Cc2ccc(O)cc2)C(=O)Nc2ccc(F)cc21. The van der Waals surface area contributed by atoms with Crippen LogP contribution < -0.4 is 15.5 Å². The topological polar surface area (TPSA) is 98.7 Å². The molecule has 3 aromatic rings. The van der Waals surface area contributed by atoms with Gasteiger partial charge in [-0.2, -0.15) is 0 Å². The normalized spacial score (nSPS) is 26.9. The lowest BCUT2D eigenvalue weighted by atomic mass is 9.76. The summed E-state index contributed by atoms with van der Waals surface area (Å²) < 4.78 is 15.1. The van der Waals surface area contributed by atoms with E-state index in [2.05, 4.69) is 26.6 Å². The summed E-state index contributed by atoms with van der Waals surface area (Å²) in [6.45, 7) is 0. The third-order valence-electron chi connectivity index (χ3n) is 7.15. The first-order chi connectivity index (χ1) is 16.8. The predicted octanol–water partition coefficient (Wildman–Crippen LogP) is 3.46. The Balaban J connectivity index is 1.49. The van der Waals surface area contributed by atoms with Crippen LogP contribution in [0.25, 0.3) is 0 Å². The molecule has 9 heteroatoms. The second-order valence-electron chi connectivity index (χ2n) is 9.07.